The highest BCUT2D eigenvalue weighted by molar-refractivity contribution is 7.90. The van der Waals surface area contributed by atoms with Crippen molar-refractivity contribution in [2.24, 2.45) is 0 Å². The van der Waals surface area contributed by atoms with E-state index in [0.29, 0.717) is 12.5 Å². The molecule has 1 unspecified atom stereocenters. The topological polar surface area (TPSA) is 46.2 Å². The Balaban J connectivity index is 3.41. The van der Waals surface area contributed by atoms with Crippen LogP contribution in [0.4, 0.5) is 0 Å². The summed E-state index contributed by atoms with van der Waals surface area (Å²) in [5.74, 6) is 0.265. The zero-order chi connectivity index (χ0) is 10.3. The smallest absolute Gasteiger partial charge is 0.147 e. The van der Waals surface area contributed by atoms with Crippen molar-refractivity contribution in [2.75, 3.05) is 18.6 Å². The van der Waals surface area contributed by atoms with Gasteiger partial charge in [0.2, 0.25) is 0 Å². The van der Waals surface area contributed by atoms with E-state index in [1.165, 1.54) is 6.26 Å². The first-order chi connectivity index (χ1) is 5.95. The predicted octanol–water partition coefficient (Wildman–Crippen LogP) is 0.975. The Morgan fingerprint density at radius 3 is 2.62 bits per heavy atom. The first-order valence-corrected chi connectivity index (χ1v) is 6.54. The van der Waals surface area contributed by atoms with E-state index in [9.17, 15) is 8.42 Å². The monoisotopic (exact) mass is 205 g/mol. The zero-order valence-electron chi connectivity index (χ0n) is 8.41. The summed E-state index contributed by atoms with van der Waals surface area (Å²) >= 11 is 0. The normalized spacial score (nSPS) is 14.0. The lowest BCUT2D eigenvalue weighted by Gasteiger charge is -2.10. The maximum absolute atomic E-state index is 10.8. The Bertz CT molecular complexity index is 234. The lowest BCUT2D eigenvalue weighted by molar-refractivity contribution is 0.546. The number of hydrogen-bond acceptors (Lipinski definition) is 3. The van der Waals surface area contributed by atoms with Crippen molar-refractivity contribution in [2.45, 2.75) is 25.8 Å². The van der Waals surface area contributed by atoms with Crippen LogP contribution >= 0.6 is 0 Å². The number of sulfone groups is 1. The molecular formula is C9H19NO2S. The largest absolute Gasteiger partial charge is 0.314 e. The molecule has 1 N–H and O–H groups in total. The van der Waals surface area contributed by atoms with E-state index in [2.05, 4.69) is 18.8 Å². The standard InChI is InChI=1S/C9H19NO2S/c1-4-6-9(2)10-7-5-8-13(3,11)12/h4,9-10H,1,5-8H2,2-3H3. The van der Waals surface area contributed by atoms with E-state index in [4.69, 9.17) is 0 Å². The minimum Gasteiger partial charge on any atom is -0.314 e. The van der Waals surface area contributed by atoms with Gasteiger partial charge in [0.15, 0.2) is 0 Å². The molecule has 0 bridgehead atoms. The maximum atomic E-state index is 10.8. The summed E-state index contributed by atoms with van der Waals surface area (Å²) in [5.41, 5.74) is 0. The predicted molar refractivity (Wildman–Crippen MR) is 56.6 cm³/mol. The van der Waals surface area contributed by atoms with Crippen LogP contribution in [0.3, 0.4) is 0 Å². The third-order valence-electron chi connectivity index (χ3n) is 1.70. The highest BCUT2D eigenvalue weighted by Crippen LogP contribution is 1.92. The second kappa shape index (κ2) is 6.16. The van der Waals surface area contributed by atoms with Gasteiger partial charge in [0, 0.05) is 12.3 Å². The van der Waals surface area contributed by atoms with Crippen LogP contribution in [0, 0.1) is 0 Å². The molecule has 0 saturated heterocycles. The molecule has 0 aliphatic rings. The van der Waals surface area contributed by atoms with E-state index in [1.54, 1.807) is 0 Å². The van der Waals surface area contributed by atoms with Crippen molar-refractivity contribution in [1.29, 1.82) is 0 Å². The third kappa shape index (κ3) is 9.56. The molecule has 0 aromatic rings. The van der Waals surface area contributed by atoms with Gasteiger partial charge in [-0.2, -0.15) is 0 Å². The summed E-state index contributed by atoms with van der Waals surface area (Å²) in [6.07, 6.45) is 4.72. The summed E-state index contributed by atoms with van der Waals surface area (Å²) in [4.78, 5) is 0. The van der Waals surface area contributed by atoms with E-state index in [-0.39, 0.29) is 5.75 Å². The van der Waals surface area contributed by atoms with Crippen molar-refractivity contribution in [3.8, 4) is 0 Å². The maximum Gasteiger partial charge on any atom is 0.147 e. The molecule has 0 aliphatic carbocycles. The van der Waals surface area contributed by atoms with Gasteiger partial charge in [0.25, 0.3) is 0 Å². The fourth-order valence-electron chi connectivity index (χ4n) is 1.02. The van der Waals surface area contributed by atoms with Gasteiger partial charge in [-0.25, -0.2) is 8.42 Å². The second-order valence-corrected chi connectivity index (χ2v) is 5.62. The average molecular weight is 205 g/mol. The fraction of sp³-hybridized carbons (Fsp3) is 0.778. The van der Waals surface area contributed by atoms with Crippen molar-refractivity contribution in [3.05, 3.63) is 12.7 Å². The molecule has 0 aromatic heterocycles. The van der Waals surface area contributed by atoms with Crippen LogP contribution in [0.15, 0.2) is 12.7 Å². The molecule has 4 heteroatoms. The van der Waals surface area contributed by atoms with Crippen LogP contribution in [-0.2, 0) is 9.84 Å². The molecule has 0 heterocycles. The molecule has 0 amide bonds. The number of nitrogens with one attached hydrogen (secondary N) is 1. The van der Waals surface area contributed by atoms with Gasteiger partial charge in [0.1, 0.15) is 9.84 Å². The number of hydrogen-bond donors (Lipinski definition) is 1. The molecule has 78 valence electrons. The van der Waals surface area contributed by atoms with Crippen molar-refractivity contribution >= 4 is 9.84 Å². The van der Waals surface area contributed by atoms with Gasteiger partial charge in [-0.3, -0.25) is 0 Å². The highest BCUT2D eigenvalue weighted by Gasteiger charge is 2.02. The third-order valence-corrected chi connectivity index (χ3v) is 2.74. The molecule has 13 heavy (non-hydrogen) atoms. The minimum absolute atomic E-state index is 0.265. The molecule has 0 rings (SSSR count). The van der Waals surface area contributed by atoms with Gasteiger partial charge in [0.05, 0.1) is 5.75 Å². The molecule has 3 nitrogen and oxygen atoms in total. The summed E-state index contributed by atoms with van der Waals surface area (Å²) < 4.78 is 21.5. The summed E-state index contributed by atoms with van der Waals surface area (Å²) in [6, 6.07) is 0.386. The molecule has 0 aromatic carbocycles. The van der Waals surface area contributed by atoms with Crippen molar-refractivity contribution in [1.82, 2.24) is 5.32 Å². The molecule has 0 spiro atoms. The summed E-state index contributed by atoms with van der Waals surface area (Å²) in [7, 11) is -2.79. The van der Waals surface area contributed by atoms with Crippen LogP contribution in [0.25, 0.3) is 0 Å². The highest BCUT2D eigenvalue weighted by atomic mass is 32.2. The molecule has 1 atom stereocenters. The molecule has 0 fully saturated rings. The molecule has 0 saturated carbocycles. The first-order valence-electron chi connectivity index (χ1n) is 4.47. The second-order valence-electron chi connectivity index (χ2n) is 3.36. The van der Waals surface area contributed by atoms with E-state index in [1.807, 2.05) is 6.08 Å². The Hall–Kier alpha value is -0.350. The number of rotatable bonds is 7. The van der Waals surface area contributed by atoms with Crippen LogP contribution in [0.1, 0.15) is 19.8 Å². The Morgan fingerprint density at radius 2 is 2.15 bits per heavy atom. The van der Waals surface area contributed by atoms with E-state index >= 15 is 0 Å². The van der Waals surface area contributed by atoms with Crippen molar-refractivity contribution in [3.63, 3.8) is 0 Å². The van der Waals surface area contributed by atoms with Crippen LogP contribution in [0.2, 0.25) is 0 Å². The van der Waals surface area contributed by atoms with Crippen LogP contribution in [-0.4, -0.2) is 33.0 Å². The van der Waals surface area contributed by atoms with Crippen LogP contribution in [0.5, 0.6) is 0 Å². The Labute approximate surface area is 81.1 Å². The van der Waals surface area contributed by atoms with Gasteiger partial charge in [-0.15, -0.1) is 6.58 Å². The average Bonchev–Trinajstić information content (AvgIpc) is 1.97. The van der Waals surface area contributed by atoms with Crippen molar-refractivity contribution < 1.29 is 8.42 Å². The summed E-state index contributed by atoms with van der Waals surface area (Å²) in [5, 5.41) is 3.22. The fourth-order valence-corrected chi connectivity index (χ4v) is 1.68. The first kappa shape index (κ1) is 12.7. The quantitative estimate of drug-likeness (QED) is 0.498. The lowest BCUT2D eigenvalue weighted by atomic mass is 10.2. The SMILES string of the molecule is C=CCC(C)NCCCS(C)(=O)=O. The minimum atomic E-state index is -2.79. The lowest BCUT2D eigenvalue weighted by Crippen LogP contribution is -2.27. The molecule has 0 radical (unpaired) electrons. The van der Waals surface area contributed by atoms with E-state index in [0.717, 1.165) is 13.0 Å². The summed E-state index contributed by atoms with van der Waals surface area (Å²) in [6.45, 7) is 6.44. The van der Waals surface area contributed by atoms with Gasteiger partial charge in [-0.05, 0) is 26.3 Å². The van der Waals surface area contributed by atoms with Gasteiger partial charge < -0.3 is 5.32 Å². The van der Waals surface area contributed by atoms with E-state index < -0.39 is 9.84 Å². The van der Waals surface area contributed by atoms with Gasteiger partial charge >= 0.3 is 0 Å². The van der Waals surface area contributed by atoms with Crippen LogP contribution < -0.4 is 5.32 Å². The Morgan fingerprint density at radius 1 is 1.54 bits per heavy atom. The Kier molecular flexibility index (Phi) is 5.99. The van der Waals surface area contributed by atoms with Gasteiger partial charge in [-0.1, -0.05) is 6.08 Å². The molecule has 0 aliphatic heterocycles. The molecular weight excluding hydrogens is 186 g/mol. The zero-order valence-corrected chi connectivity index (χ0v) is 9.23.